The summed E-state index contributed by atoms with van der Waals surface area (Å²) in [6.45, 7) is 9.48. The van der Waals surface area contributed by atoms with E-state index in [9.17, 15) is 13.2 Å². The van der Waals surface area contributed by atoms with Crippen molar-refractivity contribution >= 4 is 16.2 Å². The fourth-order valence-corrected chi connectivity index (χ4v) is 4.54. The van der Waals surface area contributed by atoms with Gasteiger partial charge >= 0.3 is 5.97 Å². The summed E-state index contributed by atoms with van der Waals surface area (Å²) in [5.41, 5.74) is -0.681. The van der Waals surface area contributed by atoms with Gasteiger partial charge in [0.05, 0.1) is 18.6 Å². The molecule has 8 heteroatoms. The zero-order valence-corrected chi connectivity index (χ0v) is 14.2. The van der Waals surface area contributed by atoms with E-state index in [1.807, 2.05) is 13.8 Å². The molecular weight excluding hydrogens is 296 g/mol. The summed E-state index contributed by atoms with van der Waals surface area (Å²) >= 11 is 0. The van der Waals surface area contributed by atoms with E-state index in [4.69, 9.17) is 9.84 Å². The van der Waals surface area contributed by atoms with Crippen LogP contribution in [0.15, 0.2) is 0 Å². The van der Waals surface area contributed by atoms with E-state index in [0.29, 0.717) is 0 Å². The van der Waals surface area contributed by atoms with Crippen molar-refractivity contribution in [2.45, 2.75) is 58.8 Å². The van der Waals surface area contributed by atoms with E-state index >= 15 is 0 Å². The minimum Gasteiger partial charge on any atom is -0.481 e. The van der Waals surface area contributed by atoms with Gasteiger partial charge in [-0.05, 0) is 34.6 Å². The number of carboxylic acid groups (broad SMARTS) is 1. The highest BCUT2D eigenvalue weighted by molar-refractivity contribution is 7.86. The highest BCUT2D eigenvalue weighted by Gasteiger charge is 2.40. The van der Waals surface area contributed by atoms with Gasteiger partial charge in [-0.2, -0.15) is 17.0 Å². The van der Waals surface area contributed by atoms with Gasteiger partial charge < -0.3 is 9.84 Å². The second-order valence-electron chi connectivity index (χ2n) is 6.47. The van der Waals surface area contributed by atoms with E-state index in [0.717, 1.165) is 0 Å². The molecule has 0 aromatic carbocycles. The van der Waals surface area contributed by atoms with Crippen LogP contribution in [0.3, 0.4) is 0 Å². The Labute approximate surface area is 127 Å². The first-order valence-corrected chi connectivity index (χ1v) is 8.49. The first kappa shape index (κ1) is 18.3. The van der Waals surface area contributed by atoms with E-state index < -0.39 is 21.7 Å². The molecule has 1 rings (SSSR count). The van der Waals surface area contributed by atoms with E-state index in [-0.39, 0.29) is 38.3 Å². The second kappa shape index (κ2) is 6.60. The lowest BCUT2D eigenvalue weighted by Crippen LogP contribution is -2.57. The van der Waals surface area contributed by atoms with Gasteiger partial charge in [0.15, 0.2) is 0 Å². The number of aliphatic carboxylic acids is 1. The molecule has 1 saturated heterocycles. The molecule has 0 aliphatic carbocycles. The number of nitrogens with zero attached hydrogens (tertiary/aromatic N) is 2. The molecule has 0 spiro atoms. The van der Waals surface area contributed by atoms with Crippen LogP contribution in [0.5, 0.6) is 0 Å². The minimum atomic E-state index is -3.72. The molecule has 1 aliphatic heterocycles. The largest absolute Gasteiger partial charge is 0.481 e. The zero-order valence-electron chi connectivity index (χ0n) is 13.4. The average Bonchev–Trinajstić information content (AvgIpc) is 2.24. The normalized spacial score (nSPS) is 25.2. The Morgan fingerprint density at radius 3 is 2.14 bits per heavy atom. The van der Waals surface area contributed by atoms with E-state index in [2.05, 4.69) is 0 Å². The summed E-state index contributed by atoms with van der Waals surface area (Å²) in [7, 11) is -3.72. The molecule has 0 aromatic rings. The number of morpholine rings is 1. The van der Waals surface area contributed by atoms with Gasteiger partial charge in [-0.15, -0.1) is 0 Å². The topological polar surface area (TPSA) is 87.2 Å². The molecule has 7 nitrogen and oxygen atoms in total. The molecule has 0 radical (unpaired) electrons. The smallest absolute Gasteiger partial charge is 0.304 e. The molecule has 1 fully saturated rings. The van der Waals surface area contributed by atoms with Crippen LogP contribution in [0.1, 0.15) is 41.0 Å². The Bertz CT molecular complexity index is 461. The molecule has 0 amide bonds. The Balaban J connectivity index is 3.00. The van der Waals surface area contributed by atoms with Crippen molar-refractivity contribution in [3.63, 3.8) is 0 Å². The monoisotopic (exact) mass is 322 g/mol. The zero-order chi connectivity index (χ0) is 16.4. The van der Waals surface area contributed by atoms with Gasteiger partial charge in [0, 0.05) is 25.2 Å². The summed E-state index contributed by atoms with van der Waals surface area (Å²) < 4.78 is 33.9. The maximum absolute atomic E-state index is 12.8. The molecule has 124 valence electrons. The van der Waals surface area contributed by atoms with Gasteiger partial charge in [-0.3, -0.25) is 4.79 Å². The molecule has 21 heavy (non-hydrogen) atoms. The molecule has 0 saturated carbocycles. The minimum absolute atomic E-state index is 0.0404. The van der Waals surface area contributed by atoms with Gasteiger partial charge in [0.2, 0.25) is 0 Å². The Kier molecular flexibility index (Phi) is 5.76. The number of ether oxygens (including phenoxy) is 1. The van der Waals surface area contributed by atoms with Crippen molar-refractivity contribution in [1.29, 1.82) is 0 Å². The highest BCUT2D eigenvalue weighted by Crippen LogP contribution is 2.24. The van der Waals surface area contributed by atoms with Crippen LogP contribution in [0, 0.1) is 0 Å². The number of carbonyl (C=O) groups is 1. The Hall–Kier alpha value is -0.700. The van der Waals surface area contributed by atoms with Crippen molar-refractivity contribution < 1.29 is 23.1 Å². The van der Waals surface area contributed by atoms with Crippen LogP contribution in [-0.4, -0.2) is 65.5 Å². The van der Waals surface area contributed by atoms with Gasteiger partial charge in [-0.1, -0.05) is 0 Å². The quantitative estimate of drug-likeness (QED) is 0.813. The fourth-order valence-electron chi connectivity index (χ4n) is 2.45. The first-order valence-electron chi connectivity index (χ1n) is 7.09. The number of carboxylic acids is 1. The van der Waals surface area contributed by atoms with Gasteiger partial charge in [0.25, 0.3) is 10.2 Å². The number of hydrogen-bond acceptors (Lipinski definition) is 4. The first-order chi connectivity index (χ1) is 9.44. The van der Waals surface area contributed by atoms with Crippen molar-refractivity contribution in [2.75, 3.05) is 19.6 Å². The molecule has 1 aliphatic rings. The summed E-state index contributed by atoms with van der Waals surface area (Å²) in [6.07, 6.45) is -0.569. The lowest BCUT2D eigenvalue weighted by Gasteiger charge is -2.41. The third-order valence-electron chi connectivity index (χ3n) is 3.27. The van der Waals surface area contributed by atoms with Crippen LogP contribution >= 0.6 is 0 Å². The van der Waals surface area contributed by atoms with Crippen molar-refractivity contribution in [3.8, 4) is 0 Å². The summed E-state index contributed by atoms with van der Waals surface area (Å²) in [4.78, 5) is 10.8. The van der Waals surface area contributed by atoms with Crippen molar-refractivity contribution in [1.82, 2.24) is 8.61 Å². The summed E-state index contributed by atoms with van der Waals surface area (Å²) in [5, 5.41) is 8.83. The van der Waals surface area contributed by atoms with Gasteiger partial charge in [0.1, 0.15) is 0 Å². The van der Waals surface area contributed by atoms with Crippen molar-refractivity contribution in [2.24, 2.45) is 0 Å². The molecule has 1 N–H and O–H groups in total. The second-order valence-corrected chi connectivity index (χ2v) is 8.32. The summed E-state index contributed by atoms with van der Waals surface area (Å²) in [6, 6.07) is 0. The van der Waals surface area contributed by atoms with Gasteiger partial charge in [-0.25, -0.2) is 0 Å². The van der Waals surface area contributed by atoms with Crippen LogP contribution in [-0.2, 0) is 19.7 Å². The fraction of sp³-hybridized carbons (Fsp3) is 0.923. The van der Waals surface area contributed by atoms with Crippen LogP contribution < -0.4 is 0 Å². The predicted molar refractivity (Wildman–Crippen MR) is 79.2 cm³/mol. The van der Waals surface area contributed by atoms with E-state index in [1.165, 1.54) is 8.61 Å². The molecule has 0 bridgehead atoms. The lowest BCUT2D eigenvalue weighted by atomic mass is 10.1. The maximum atomic E-state index is 12.8. The molecular formula is C13H26N2O5S. The maximum Gasteiger partial charge on any atom is 0.304 e. The van der Waals surface area contributed by atoms with Crippen molar-refractivity contribution in [3.05, 3.63) is 0 Å². The van der Waals surface area contributed by atoms with Crippen LogP contribution in [0.4, 0.5) is 0 Å². The predicted octanol–water partition coefficient (Wildman–Crippen LogP) is 0.916. The highest BCUT2D eigenvalue weighted by atomic mass is 32.2. The van der Waals surface area contributed by atoms with Crippen LogP contribution in [0.25, 0.3) is 0 Å². The van der Waals surface area contributed by atoms with E-state index in [1.54, 1.807) is 20.8 Å². The third kappa shape index (κ3) is 4.91. The number of rotatable bonds is 5. The molecule has 0 aromatic heterocycles. The lowest BCUT2D eigenvalue weighted by molar-refractivity contribution is -0.137. The molecule has 2 atom stereocenters. The number of hydrogen-bond donors (Lipinski definition) is 1. The standard InChI is InChI=1S/C13H26N2O5S/c1-10-8-14(9-11(2)20-10)21(18,19)15(13(3,4)5)7-6-12(16)17/h10-11H,6-9H2,1-5H3,(H,16,17). The average molecular weight is 322 g/mol. The SMILES string of the molecule is CC1CN(S(=O)(=O)N(CCC(=O)O)C(C)(C)C)CC(C)O1. The summed E-state index contributed by atoms with van der Waals surface area (Å²) in [5.74, 6) is -1.01. The Morgan fingerprint density at radius 2 is 1.76 bits per heavy atom. The third-order valence-corrected chi connectivity index (χ3v) is 5.51. The molecule has 1 heterocycles. The molecule has 2 unspecified atom stereocenters. The van der Waals surface area contributed by atoms with Crippen LogP contribution in [0.2, 0.25) is 0 Å². The Morgan fingerprint density at radius 1 is 1.29 bits per heavy atom.